The summed E-state index contributed by atoms with van der Waals surface area (Å²) in [7, 11) is 0. The Hall–Kier alpha value is -6.30. The molecular formula is C40H36N2O10. The molecule has 52 heavy (non-hydrogen) atoms. The molecule has 8 aromatic carbocycles. The number of phenolic OH excluding ortho intramolecular Hbond substituents is 6. The van der Waals surface area contributed by atoms with Crippen LogP contribution in [-0.4, -0.2) is 42.5 Å². The van der Waals surface area contributed by atoms with Gasteiger partial charge in [-0.25, -0.2) is 0 Å². The second-order valence-electron chi connectivity index (χ2n) is 13.7. The van der Waals surface area contributed by atoms with Gasteiger partial charge < -0.3 is 42.1 Å². The topological polar surface area (TPSA) is 242 Å². The molecule has 0 saturated heterocycles. The fourth-order valence-corrected chi connectivity index (χ4v) is 8.29. The Bertz CT molecular complexity index is 2690. The van der Waals surface area contributed by atoms with Crippen LogP contribution in [-0.2, 0) is 9.59 Å². The van der Waals surface area contributed by atoms with E-state index in [1.54, 1.807) is 13.8 Å². The molecule has 0 spiro atoms. The van der Waals surface area contributed by atoms with Crippen molar-refractivity contribution in [3.8, 4) is 34.5 Å². The van der Waals surface area contributed by atoms with Crippen LogP contribution in [0.2, 0.25) is 0 Å². The number of carbonyl (C=O) groups is 2. The number of unbranched alkanes of at least 4 members (excludes halogenated alkanes) is 5. The van der Waals surface area contributed by atoms with E-state index in [0.29, 0.717) is 56.3 Å². The first-order valence-corrected chi connectivity index (χ1v) is 17.0. The number of primary amides is 2. The lowest BCUT2D eigenvalue weighted by atomic mass is 9.78. The number of aryl methyl sites for hydroxylation is 2. The predicted molar refractivity (Wildman–Crippen MR) is 201 cm³/mol. The van der Waals surface area contributed by atoms with Gasteiger partial charge in [0.05, 0.1) is 21.5 Å². The first kappa shape index (κ1) is 34.2. The molecule has 0 aliphatic heterocycles. The van der Waals surface area contributed by atoms with E-state index >= 15 is 0 Å². The van der Waals surface area contributed by atoms with Crippen molar-refractivity contribution in [3.63, 3.8) is 0 Å². The van der Waals surface area contributed by atoms with E-state index in [2.05, 4.69) is 0 Å². The molecule has 0 saturated carbocycles. The average Bonchev–Trinajstić information content (AvgIpc) is 3.05. The highest BCUT2D eigenvalue weighted by atomic mass is 16.3. The van der Waals surface area contributed by atoms with E-state index in [1.807, 2.05) is 0 Å². The van der Waals surface area contributed by atoms with Crippen molar-refractivity contribution in [3.05, 3.63) is 55.8 Å². The second kappa shape index (κ2) is 12.2. The van der Waals surface area contributed by atoms with E-state index < -0.39 is 45.4 Å². The normalized spacial score (nSPS) is 12.0. The van der Waals surface area contributed by atoms with Crippen LogP contribution < -0.4 is 22.3 Å². The van der Waals surface area contributed by atoms with Gasteiger partial charge >= 0.3 is 0 Å². The van der Waals surface area contributed by atoms with E-state index in [0.717, 1.165) is 50.7 Å². The van der Waals surface area contributed by atoms with Crippen molar-refractivity contribution in [1.82, 2.24) is 0 Å². The fourth-order valence-electron chi connectivity index (χ4n) is 8.29. The number of benzene rings is 8. The molecule has 0 aromatic heterocycles. The highest BCUT2D eigenvalue weighted by Gasteiger charge is 2.33. The highest BCUT2D eigenvalue weighted by molar-refractivity contribution is 6.51. The molecule has 0 radical (unpaired) electrons. The van der Waals surface area contributed by atoms with Gasteiger partial charge in [-0.2, -0.15) is 0 Å². The van der Waals surface area contributed by atoms with Crippen LogP contribution in [0.1, 0.15) is 62.5 Å². The minimum Gasteiger partial charge on any atom is -0.507 e. The van der Waals surface area contributed by atoms with Crippen LogP contribution in [0.25, 0.3) is 75.4 Å². The Morgan fingerprint density at radius 3 is 1.06 bits per heavy atom. The third-order valence-electron chi connectivity index (χ3n) is 10.3. The zero-order chi connectivity index (χ0) is 37.5. The van der Waals surface area contributed by atoms with Gasteiger partial charge in [-0.3, -0.25) is 19.2 Å². The van der Waals surface area contributed by atoms with Crippen LogP contribution in [0.4, 0.5) is 0 Å². The van der Waals surface area contributed by atoms with Gasteiger partial charge in [0.2, 0.25) is 11.8 Å². The summed E-state index contributed by atoms with van der Waals surface area (Å²) in [6, 6.07) is 4.77. The van der Waals surface area contributed by atoms with Gasteiger partial charge in [0.25, 0.3) is 0 Å². The maximum absolute atomic E-state index is 13.4. The van der Waals surface area contributed by atoms with Crippen molar-refractivity contribution in [2.45, 2.75) is 65.2 Å². The van der Waals surface area contributed by atoms with Crippen molar-refractivity contribution in [1.29, 1.82) is 0 Å². The summed E-state index contributed by atoms with van der Waals surface area (Å²) in [6.07, 6.45) is 7.02. The maximum atomic E-state index is 13.4. The Labute approximate surface area is 294 Å². The monoisotopic (exact) mass is 704 g/mol. The van der Waals surface area contributed by atoms with Crippen LogP contribution in [0, 0.1) is 13.8 Å². The van der Waals surface area contributed by atoms with E-state index in [4.69, 9.17) is 11.5 Å². The standard InChI is InChI=1S/C30H16O8.C10H20N2O2/c1-7-3-9(31)19-23-15(7)16-8(2)4-10(32)20-24(16)28-26-18(12(34)6-14(36)22(26)30(20)38)17-11(33)5-13(35)21(29(19)37)25(17)27(23)28;11-9(13)7-5-3-1-2-4-6-8-10(12)14/h3-6,33-38H,1-2H3;1-8H2,(H2,11,13)(H2,12,14). The molecule has 8 rings (SSSR count). The summed E-state index contributed by atoms with van der Waals surface area (Å²) in [5.41, 5.74) is 10.2. The lowest BCUT2D eigenvalue weighted by Crippen LogP contribution is -2.09. The third-order valence-corrected chi connectivity index (χ3v) is 10.3. The molecule has 8 aromatic rings. The third kappa shape index (κ3) is 4.81. The molecule has 12 nitrogen and oxygen atoms in total. The SMILES string of the molecule is Cc1cc(=O)c2c(O)c3c(O)cc(O)c4c5c(O)cc(O)c6c(O)c7c(=O)cc(C)c8c1c2c(c34)c(c65)c78.NC(=O)CCCCCCCCC(N)=O. The number of fused-ring (bicyclic) bond motifs is 2. The van der Waals surface area contributed by atoms with E-state index in [-0.39, 0.29) is 54.9 Å². The maximum Gasteiger partial charge on any atom is 0.217 e. The number of carbonyl (C=O) groups excluding carboxylic acids is 2. The van der Waals surface area contributed by atoms with E-state index in [1.165, 1.54) is 12.1 Å². The van der Waals surface area contributed by atoms with Gasteiger partial charge in [-0.15, -0.1) is 0 Å². The summed E-state index contributed by atoms with van der Waals surface area (Å²) in [4.78, 5) is 47.5. The largest absolute Gasteiger partial charge is 0.507 e. The summed E-state index contributed by atoms with van der Waals surface area (Å²) >= 11 is 0. The molecular weight excluding hydrogens is 668 g/mol. The van der Waals surface area contributed by atoms with Gasteiger partial charge in [0.1, 0.15) is 34.5 Å². The van der Waals surface area contributed by atoms with Gasteiger partial charge in [-0.05, 0) is 60.7 Å². The number of aromatic hydroxyl groups is 6. The smallest absolute Gasteiger partial charge is 0.217 e. The van der Waals surface area contributed by atoms with Crippen LogP contribution in [0.5, 0.6) is 34.5 Å². The predicted octanol–water partition coefficient (Wildman–Crippen LogP) is 6.16. The average molecular weight is 705 g/mol. The zero-order valence-electron chi connectivity index (χ0n) is 28.4. The number of hydrogen-bond acceptors (Lipinski definition) is 10. The first-order chi connectivity index (χ1) is 24.7. The number of nitrogens with two attached hydrogens (primary N) is 2. The minimum atomic E-state index is -0.483. The molecule has 10 N–H and O–H groups in total. The van der Waals surface area contributed by atoms with Crippen LogP contribution in [0.3, 0.4) is 0 Å². The van der Waals surface area contributed by atoms with Crippen molar-refractivity contribution in [2.24, 2.45) is 11.5 Å². The Morgan fingerprint density at radius 2 is 0.712 bits per heavy atom. The van der Waals surface area contributed by atoms with Crippen molar-refractivity contribution in [2.75, 3.05) is 0 Å². The minimum absolute atomic E-state index is 0.0431. The van der Waals surface area contributed by atoms with E-state index in [9.17, 15) is 49.8 Å². The lowest BCUT2D eigenvalue weighted by molar-refractivity contribution is -0.119. The molecule has 266 valence electrons. The van der Waals surface area contributed by atoms with Gasteiger partial charge in [0.15, 0.2) is 10.9 Å². The lowest BCUT2D eigenvalue weighted by Gasteiger charge is -2.25. The molecule has 12 heteroatoms. The zero-order valence-corrected chi connectivity index (χ0v) is 28.4. The molecule has 2 amide bonds. The molecule has 0 aliphatic rings. The second-order valence-corrected chi connectivity index (χ2v) is 13.7. The molecule has 0 fully saturated rings. The Balaban J connectivity index is 0.000000258. The summed E-state index contributed by atoms with van der Waals surface area (Å²) in [5, 5.41) is 69.6. The van der Waals surface area contributed by atoms with Crippen LogP contribution >= 0.6 is 0 Å². The van der Waals surface area contributed by atoms with Crippen molar-refractivity contribution < 1.29 is 40.2 Å². The number of hydrogen-bond donors (Lipinski definition) is 8. The summed E-state index contributed by atoms with van der Waals surface area (Å²) in [5.74, 6) is -3.20. The summed E-state index contributed by atoms with van der Waals surface area (Å²) in [6.45, 7) is 3.47. The summed E-state index contributed by atoms with van der Waals surface area (Å²) < 4.78 is 0. The Morgan fingerprint density at radius 1 is 0.423 bits per heavy atom. The quantitative estimate of drug-likeness (QED) is 0.0483. The van der Waals surface area contributed by atoms with Crippen molar-refractivity contribution >= 4 is 87.2 Å². The molecule has 0 bridgehead atoms. The Kier molecular flexibility index (Phi) is 8.01. The first-order valence-electron chi connectivity index (χ1n) is 17.0. The molecule has 0 atom stereocenters. The molecule has 0 unspecified atom stereocenters. The van der Waals surface area contributed by atoms with Gasteiger partial charge in [0, 0.05) is 68.1 Å². The highest BCUT2D eigenvalue weighted by Crippen LogP contribution is 2.60. The molecule has 0 aliphatic carbocycles. The number of amides is 2. The molecule has 0 heterocycles. The fraction of sp³-hybridized carbons (Fsp3) is 0.250. The van der Waals surface area contributed by atoms with Crippen LogP contribution in [0.15, 0.2) is 33.9 Å². The van der Waals surface area contributed by atoms with Gasteiger partial charge in [-0.1, -0.05) is 25.7 Å². The number of phenols is 6. The number of rotatable bonds is 9.